The second-order valence-electron chi connectivity index (χ2n) is 4.07. The van der Waals surface area contributed by atoms with Crippen LogP contribution in [0.5, 0.6) is 0 Å². The molecule has 0 amide bonds. The SMILES string of the molecule is CCCS(=O)(=O)C1=CC(=O)c2ccccc2C1=O. The lowest BCUT2D eigenvalue weighted by atomic mass is 9.95. The van der Waals surface area contributed by atoms with Gasteiger partial charge in [-0.25, -0.2) is 8.42 Å². The molecule has 0 atom stereocenters. The van der Waals surface area contributed by atoms with E-state index in [9.17, 15) is 18.0 Å². The summed E-state index contributed by atoms with van der Waals surface area (Å²) in [5.74, 6) is -1.14. The Kier molecular flexibility index (Phi) is 3.17. The molecule has 2 rings (SSSR count). The van der Waals surface area contributed by atoms with Crippen molar-refractivity contribution in [3.8, 4) is 0 Å². The number of hydrogen-bond acceptors (Lipinski definition) is 4. The zero-order valence-corrected chi connectivity index (χ0v) is 10.7. The van der Waals surface area contributed by atoms with Crippen LogP contribution in [-0.2, 0) is 9.84 Å². The zero-order chi connectivity index (χ0) is 13.3. The number of fused-ring (bicyclic) bond motifs is 1. The van der Waals surface area contributed by atoms with Crippen molar-refractivity contribution in [1.82, 2.24) is 0 Å². The van der Waals surface area contributed by atoms with Crippen LogP contribution in [0.3, 0.4) is 0 Å². The van der Waals surface area contributed by atoms with Crippen LogP contribution >= 0.6 is 0 Å². The third-order valence-corrected chi connectivity index (χ3v) is 4.65. The molecule has 0 saturated carbocycles. The van der Waals surface area contributed by atoms with Crippen LogP contribution in [0.2, 0.25) is 0 Å². The monoisotopic (exact) mass is 264 g/mol. The van der Waals surface area contributed by atoms with Crippen LogP contribution < -0.4 is 0 Å². The van der Waals surface area contributed by atoms with E-state index in [0.29, 0.717) is 6.42 Å². The van der Waals surface area contributed by atoms with Crippen molar-refractivity contribution in [1.29, 1.82) is 0 Å². The van der Waals surface area contributed by atoms with Crippen molar-refractivity contribution < 1.29 is 18.0 Å². The number of sulfone groups is 1. The lowest BCUT2D eigenvalue weighted by Crippen LogP contribution is -2.23. The van der Waals surface area contributed by atoms with Gasteiger partial charge in [-0.15, -0.1) is 0 Å². The van der Waals surface area contributed by atoms with Gasteiger partial charge in [0.05, 0.1) is 5.75 Å². The number of hydrogen-bond donors (Lipinski definition) is 0. The van der Waals surface area contributed by atoms with E-state index in [2.05, 4.69) is 0 Å². The lowest BCUT2D eigenvalue weighted by Gasteiger charge is -2.14. The Morgan fingerprint density at radius 3 is 2.28 bits per heavy atom. The molecular formula is C13H12O4S. The van der Waals surface area contributed by atoms with Crippen molar-refractivity contribution in [2.24, 2.45) is 0 Å². The lowest BCUT2D eigenvalue weighted by molar-refractivity contribution is 0.0990. The molecule has 1 aliphatic carbocycles. The van der Waals surface area contributed by atoms with Crippen molar-refractivity contribution in [3.05, 3.63) is 46.4 Å². The van der Waals surface area contributed by atoms with Crippen LogP contribution in [0.25, 0.3) is 0 Å². The summed E-state index contributed by atoms with van der Waals surface area (Å²) in [6.07, 6.45) is 1.35. The molecule has 0 aromatic heterocycles. The van der Waals surface area contributed by atoms with E-state index in [-0.39, 0.29) is 21.8 Å². The summed E-state index contributed by atoms with van der Waals surface area (Å²) < 4.78 is 23.8. The van der Waals surface area contributed by atoms with Gasteiger partial charge in [-0.05, 0) is 6.42 Å². The van der Waals surface area contributed by atoms with E-state index in [1.165, 1.54) is 12.1 Å². The van der Waals surface area contributed by atoms with E-state index < -0.39 is 21.4 Å². The Morgan fingerprint density at radius 2 is 1.67 bits per heavy atom. The van der Waals surface area contributed by atoms with Crippen LogP contribution in [0.1, 0.15) is 34.1 Å². The molecule has 0 saturated heterocycles. The van der Waals surface area contributed by atoms with Crippen molar-refractivity contribution in [3.63, 3.8) is 0 Å². The largest absolute Gasteiger partial charge is 0.289 e. The van der Waals surface area contributed by atoms with Gasteiger partial charge in [0.2, 0.25) is 5.78 Å². The van der Waals surface area contributed by atoms with Gasteiger partial charge in [-0.1, -0.05) is 31.2 Å². The Balaban J connectivity index is 2.56. The molecule has 0 aliphatic heterocycles. The number of benzene rings is 1. The zero-order valence-electron chi connectivity index (χ0n) is 9.84. The molecule has 0 radical (unpaired) electrons. The second-order valence-corrected chi connectivity index (χ2v) is 6.14. The van der Waals surface area contributed by atoms with Gasteiger partial charge in [-0.2, -0.15) is 0 Å². The Morgan fingerprint density at radius 1 is 1.06 bits per heavy atom. The molecule has 0 heterocycles. The minimum absolute atomic E-state index is 0.125. The first-order valence-electron chi connectivity index (χ1n) is 5.60. The number of allylic oxidation sites excluding steroid dienone is 2. The standard InChI is InChI=1S/C13H12O4S/c1-2-7-18(16,17)12-8-11(14)9-5-3-4-6-10(9)13(12)15/h3-6,8H,2,7H2,1H3. The van der Waals surface area contributed by atoms with Gasteiger partial charge in [-0.3, -0.25) is 9.59 Å². The highest BCUT2D eigenvalue weighted by molar-refractivity contribution is 7.96. The van der Waals surface area contributed by atoms with E-state index in [4.69, 9.17) is 0 Å². The number of Topliss-reactive ketones (excluding diaryl/α,β-unsaturated/α-hetero) is 1. The fraction of sp³-hybridized carbons (Fsp3) is 0.231. The Hall–Kier alpha value is -1.75. The highest BCUT2D eigenvalue weighted by atomic mass is 32.2. The van der Waals surface area contributed by atoms with Crippen molar-refractivity contribution in [2.75, 3.05) is 5.75 Å². The van der Waals surface area contributed by atoms with E-state index in [1.54, 1.807) is 19.1 Å². The number of rotatable bonds is 3. The summed E-state index contributed by atoms with van der Waals surface area (Å²) in [6, 6.07) is 6.25. The molecule has 94 valence electrons. The minimum atomic E-state index is -3.67. The fourth-order valence-electron chi connectivity index (χ4n) is 1.90. The van der Waals surface area contributed by atoms with Gasteiger partial charge in [0.15, 0.2) is 15.6 Å². The summed E-state index contributed by atoms with van der Waals surface area (Å²) in [5.41, 5.74) is 0.428. The predicted octanol–water partition coefficient (Wildman–Crippen LogP) is 1.77. The Bertz CT molecular complexity index is 653. The minimum Gasteiger partial charge on any atom is -0.289 e. The summed E-state index contributed by atoms with van der Waals surface area (Å²) in [5, 5.41) is 0. The molecule has 0 spiro atoms. The second kappa shape index (κ2) is 4.49. The van der Waals surface area contributed by atoms with E-state index in [0.717, 1.165) is 6.08 Å². The van der Waals surface area contributed by atoms with Gasteiger partial charge < -0.3 is 0 Å². The normalized spacial score (nSPS) is 15.3. The molecule has 1 aromatic carbocycles. The first-order valence-corrected chi connectivity index (χ1v) is 7.25. The van der Waals surface area contributed by atoms with Gasteiger partial charge in [0.25, 0.3) is 0 Å². The Labute approximate surface area is 105 Å². The summed E-state index contributed by atoms with van der Waals surface area (Å²) in [7, 11) is -3.67. The smallest absolute Gasteiger partial charge is 0.205 e. The highest BCUT2D eigenvalue weighted by Crippen LogP contribution is 2.24. The third-order valence-electron chi connectivity index (χ3n) is 2.73. The summed E-state index contributed by atoms with van der Waals surface area (Å²) in [6.45, 7) is 1.71. The van der Waals surface area contributed by atoms with Gasteiger partial charge in [0.1, 0.15) is 4.91 Å². The topological polar surface area (TPSA) is 68.3 Å². The molecule has 18 heavy (non-hydrogen) atoms. The van der Waals surface area contributed by atoms with Crippen LogP contribution in [0.4, 0.5) is 0 Å². The van der Waals surface area contributed by atoms with Crippen LogP contribution in [-0.4, -0.2) is 25.7 Å². The third kappa shape index (κ3) is 2.01. The fourth-order valence-corrected chi connectivity index (χ4v) is 3.34. The van der Waals surface area contributed by atoms with Crippen molar-refractivity contribution in [2.45, 2.75) is 13.3 Å². The predicted molar refractivity (Wildman–Crippen MR) is 67.3 cm³/mol. The maximum Gasteiger partial charge on any atom is 0.205 e. The van der Waals surface area contributed by atoms with Crippen LogP contribution in [0, 0.1) is 0 Å². The maximum absolute atomic E-state index is 12.1. The maximum atomic E-state index is 12.1. The van der Waals surface area contributed by atoms with Gasteiger partial charge >= 0.3 is 0 Å². The molecular weight excluding hydrogens is 252 g/mol. The molecule has 1 aliphatic rings. The average Bonchev–Trinajstić information content (AvgIpc) is 2.33. The molecule has 4 nitrogen and oxygen atoms in total. The summed E-state index contributed by atoms with van der Waals surface area (Å²) in [4.78, 5) is 23.5. The van der Waals surface area contributed by atoms with E-state index in [1.807, 2.05) is 0 Å². The number of carbonyl (C=O) groups excluding carboxylic acids is 2. The molecule has 0 bridgehead atoms. The molecule has 0 fully saturated rings. The molecule has 5 heteroatoms. The molecule has 0 N–H and O–H groups in total. The van der Waals surface area contributed by atoms with Gasteiger partial charge in [0, 0.05) is 17.2 Å². The molecule has 0 unspecified atom stereocenters. The average molecular weight is 264 g/mol. The molecule has 1 aromatic rings. The van der Waals surface area contributed by atoms with Crippen LogP contribution in [0.15, 0.2) is 35.2 Å². The first-order chi connectivity index (χ1) is 8.47. The van der Waals surface area contributed by atoms with E-state index >= 15 is 0 Å². The van der Waals surface area contributed by atoms with Crippen molar-refractivity contribution >= 4 is 21.4 Å². The quantitative estimate of drug-likeness (QED) is 0.834. The highest BCUT2D eigenvalue weighted by Gasteiger charge is 2.32. The number of ketones is 2. The number of carbonyl (C=O) groups is 2. The first kappa shape index (κ1) is 12.7. The summed E-state index contributed by atoms with van der Waals surface area (Å²) >= 11 is 0.